The molecule has 1 heterocycles. The van der Waals surface area contributed by atoms with E-state index in [0.717, 1.165) is 19.4 Å². The predicted octanol–water partition coefficient (Wildman–Crippen LogP) is 2.01. The molecular weight excluding hydrogens is 205 g/mol. The Balaban J connectivity index is 2.17. The van der Waals surface area contributed by atoms with Crippen molar-refractivity contribution in [1.29, 1.82) is 0 Å². The standard InChI is InChI=1S/C10H19F3N2/c1-8-7-9(3-6-15(8)2)14-5-4-10(11,12)13/h8-9,14H,3-7H2,1-2H3. The van der Waals surface area contributed by atoms with E-state index in [0.29, 0.717) is 6.04 Å². The summed E-state index contributed by atoms with van der Waals surface area (Å²) in [6.45, 7) is 3.12. The number of nitrogens with zero attached hydrogens (tertiary/aromatic N) is 1. The fraction of sp³-hybridized carbons (Fsp3) is 1.00. The summed E-state index contributed by atoms with van der Waals surface area (Å²) >= 11 is 0. The molecule has 0 aromatic heterocycles. The fourth-order valence-corrected chi connectivity index (χ4v) is 1.89. The highest BCUT2D eigenvalue weighted by Crippen LogP contribution is 2.19. The quantitative estimate of drug-likeness (QED) is 0.789. The first-order chi connectivity index (χ1) is 6.88. The van der Waals surface area contributed by atoms with E-state index < -0.39 is 12.6 Å². The molecule has 0 aromatic carbocycles. The molecule has 0 spiro atoms. The molecule has 0 aromatic rings. The first-order valence-electron chi connectivity index (χ1n) is 5.39. The van der Waals surface area contributed by atoms with Crippen LogP contribution in [0.15, 0.2) is 0 Å². The highest BCUT2D eigenvalue weighted by atomic mass is 19.4. The third kappa shape index (κ3) is 4.84. The van der Waals surface area contributed by atoms with Crippen molar-refractivity contribution in [2.24, 2.45) is 0 Å². The maximum Gasteiger partial charge on any atom is 0.390 e. The van der Waals surface area contributed by atoms with Crippen molar-refractivity contribution < 1.29 is 13.2 Å². The Morgan fingerprint density at radius 1 is 1.40 bits per heavy atom. The summed E-state index contributed by atoms with van der Waals surface area (Å²) in [5.41, 5.74) is 0. The van der Waals surface area contributed by atoms with Gasteiger partial charge in [0, 0.05) is 18.6 Å². The zero-order chi connectivity index (χ0) is 11.5. The molecule has 1 rings (SSSR count). The Bertz CT molecular complexity index is 194. The van der Waals surface area contributed by atoms with E-state index in [1.807, 2.05) is 0 Å². The van der Waals surface area contributed by atoms with Gasteiger partial charge in [0.05, 0.1) is 6.42 Å². The van der Waals surface area contributed by atoms with Gasteiger partial charge in [-0.25, -0.2) is 0 Å². The predicted molar refractivity (Wildman–Crippen MR) is 53.8 cm³/mol. The molecule has 90 valence electrons. The number of nitrogens with one attached hydrogen (secondary N) is 1. The van der Waals surface area contributed by atoms with Crippen LogP contribution in [0.4, 0.5) is 13.2 Å². The molecule has 2 nitrogen and oxygen atoms in total. The van der Waals surface area contributed by atoms with Crippen LogP contribution in [0.25, 0.3) is 0 Å². The van der Waals surface area contributed by atoms with Crippen molar-refractivity contribution in [3.8, 4) is 0 Å². The molecule has 1 saturated heterocycles. The van der Waals surface area contributed by atoms with E-state index in [1.54, 1.807) is 0 Å². The number of hydrogen-bond donors (Lipinski definition) is 1. The lowest BCUT2D eigenvalue weighted by Crippen LogP contribution is -2.46. The molecule has 1 N–H and O–H groups in total. The van der Waals surface area contributed by atoms with Crippen LogP contribution >= 0.6 is 0 Å². The van der Waals surface area contributed by atoms with Gasteiger partial charge < -0.3 is 10.2 Å². The molecule has 15 heavy (non-hydrogen) atoms. The van der Waals surface area contributed by atoms with Crippen LogP contribution in [-0.4, -0.2) is 43.3 Å². The Morgan fingerprint density at radius 3 is 2.60 bits per heavy atom. The van der Waals surface area contributed by atoms with Crippen LogP contribution in [-0.2, 0) is 0 Å². The number of alkyl halides is 3. The van der Waals surface area contributed by atoms with Crippen LogP contribution in [0.1, 0.15) is 26.2 Å². The first kappa shape index (κ1) is 12.8. The van der Waals surface area contributed by atoms with Gasteiger partial charge in [0.15, 0.2) is 0 Å². The van der Waals surface area contributed by atoms with Gasteiger partial charge in [0.2, 0.25) is 0 Å². The second-order valence-corrected chi connectivity index (χ2v) is 4.37. The molecule has 0 aliphatic carbocycles. The van der Waals surface area contributed by atoms with Crippen LogP contribution in [0.5, 0.6) is 0 Å². The van der Waals surface area contributed by atoms with E-state index in [-0.39, 0.29) is 12.6 Å². The summed E-state index contributed by atoms with van der Waals surface area (Å²) in [5, 5.41) is 2.98. The molecule has 5 heteroatoms. The monoisotopic (exact) mass is 224 g/mol. The second-order valence-electron chi connectivity index (χ2n) is 4.37. The van der Waals surface area contributed by atoms with Crippen molar-refractivity contribution in [3.63, 3.8) is 0 Å². The summed E-state index contributed by atoms with van der Waals surface area (Å²) < 4.78 is 35.7. The number of piperidine rings is 1. The maximum atomic E-state index is 11.9. The van der Waals surface area contributed by atoms with E-state index in [4.69, 9.17) is 0 Å². The van der Waals surface area contributed by atoms with Crippen LogP contribution in [0, 0.1) is 0 Å². The Morgan fingerprint density at radius 2 is 2.07 bits per heavy atom. The van der Waals surface area contributed by atoms with Crippen molar-refractivity contribution in [2.75, 3.05) is 20.1 Å². The fourth-order valence-electron chi connectivity index (χ4n) is 1.89. The molecule has 1 aliphatic rings. The average molecular weight is 224 g/mol. The topological polar surface area (TPSA) is 15.3 Å². The number of rotatable bonds is 3. The van der Waals surface area contributed by atoms with E-state index in [9.17, 15) is 13.2 Å². The maximum absolute atomic E-state index is 11.9. The van der Waals surface area contributed by atoms with Crippen LogP contribution < -0.4 is 5.32 Å². The van der Waals surface area contributed by atoms with Gasteiger partial charge >= 0.3 is 6.18 Å². The van der Waals surface area contributed by atoms with E-state index in [1.165, 1.54) is 0 Å². The molecular formula is C10H19F3N2. The highest BCUT2D eigenvalue weighted by Gasteiger charge is 2.28. The third-order valence-corrected chi connectivity index (χ3v) is 3.05. The number of hydrogen-bond acceptors (Lipinski definition) is 2. The number of likely N-dealkylation sites (tertiary alicyclic amines) is 1. The smallest absolute Gasteiger partial charge is 0.314 e. The highest BCUT2D eigenvalue weighted by molar-refractivity contribution is 4.81. The average Bonchev–Trinajstić information content (AvgIpc) is 2.09. The lowest BCUT2D eigenvalue weighted by atomic mass is 9.99. The molecule has 0 saturated carbocycles. The summed E-state index contributed by atoms with van der Waals surface area (Å²) in [6.07, 6.45) is -2.88. The molecule has 1 aliphatic heterocycles. The van der Waals surface area contributed by atoms with Crippen molar-refractivity contribution in [1.82, 2.24) is 10.2 Å². The minimum atomic E-state index is -4.04. The molecule has 2 atom stereocenters. The van der Waals surface area contributed by atoms with E-state index in [2.05, 4.69) is 24.2 Å². The minimum absolute atomic E-state index is 0.0462. The lowest BCUT2D eigenvalue weighted by Gasteiger charge is -2.35. The van der Waals surface area contributed by atoms with Crippen molar-refractivity contribution in [3.05, 3.63) is 0 Å². The molecule has 2 unspecified atom stereocenters. The van der Waals surface area contributed by atoms with Crippen molar-refractivity contribution >= 4 is 0 Å². The zero-order valence-electron chi connectivity index (χ0n) is 9.27. The van der Waals surface area contributed by atoms with Crippen LogP contribution in [0.2, 0.25) is 0 Å². The summed E-state index contributed by atoms with van der Waals surface area (Å²) in [4.78, 5) is 2.24. The summed E-state index contributed by atoms with van der Waals surface area (Å²) in [7, 11) is 2.05. The molecule has 0 amide bonds. The largest absolute Gasteiger partial charge is 0.390 e. The van der Waals surface area contributed by atoms with Gasteiger partial charge in [-0.3, -0.25) is 0 Å². The normalized spacial score (nSPS) is 29.4. The van der Waals surface area contributed by atoms with Crippen molar-refractivity contribution in [2.45, 2.75) is 44.4 Å². The Kier molecular flexibility index (Phi) is 4.40. The van der Waals surface area contributed by atoms with Gasteiger partial charge in [-0.15, -0.1) is 0 Å². The third-order valence-electron chi connectivity index (χ3n) is 3.05. The first-order valence-corrected chi connectivity index (χ1v) is 5.39. The van der Waals surface area contributed by atoms with Gasteiger partial charge in [-0.2, -0.15) is 13.2 Å². The molecule has 0 bridgehead atoms. The SMILES string of the molecule is CC1CC(NCCC(F)(F)F)CCN1C. The zero-order valence-corrected chi connectivity index (χ0v) is 9.27. The minimum Gasteiger partial charge on any atom is -0.314 e. The van der Waals surface area contributed by atoms with E-state index >= 15 is 0 Å². The van der Waals surface area contributed by atoms with Gasteiger partial charge in [-0.05, 0) is 33.4 Å². The Hall–Kier alpha value is -0.290. The Labute approximate surface area is 88.8 Å². The lowest BCUT2D eigenvalue weighted by molar-refractivity contribution is -0.133. The summed E-state index contributed by atoms with van der Waals surface area (Å²) in [6, 6.07) is 0.709. The second kappa shape index (κ2) is 5.16. The molecule has 1 fully saturated rings. The molecule has 0 radical (unpaired) electrons. The van der Waals surface area contributed by atoms with Gasteiger partial charge in [0.25, 0.3) is 0 Å². The number of halogens is 3. The van der Waals surface area contributed by atoms with Crippen LogP contribution in [0.3, 0.4) is 0 Å². The van der Waals surface area contributed by atoms with Gasteiger partial charge in [-0.1, -0.05) is 0 Å². The summed E-state index contributed by atoms with van der Waals surface area (Å²) in [5.74, 6) is 0. The van der Waals surface area contributed by atoms with Gasteiger partial charge in [0.1, 0.15) is 0 Å².